The number of carbonyl (C=O) groups is 1. The largest absolute Gasteiger partial charge is 0.497 e. The van der Waals surface area contributed by atoms with Gasteiger partial charge in [0.1, 0.15) is 12.3 Å². The number of benzene rings is 1. The molecule has 0 saturated heterocycles. The average Bonchev–Trinajstić information content (AvgIpc) is 2.82. The summed E-state index contributed by atoms with van der Waals surface area (Å²) >= 11 is 0. The number of rotatable bonds is 4. The molecule has 0 saturated carbocycles. The van der Waals surface area contributed by atoms with Gasteiger partial charge < -0.3 is 10.1 Å². The topological polar surface area (TPSA) is 56.1 Å². The first-order valence-electron chi connectivity index (χ1n) is 5.19. The van der Waals surface area contributed by atoms with E-state index in [9.17, 15) is 4.79 Å². The van der Waals surface area contributed by atoms with E-state index < -0.39 is 0 Å². The second-order valence-corrected chi connectivity index (χ2v) is 3.48. The molecule has 0 spiro atoms. The Morgan fingerprint density at radius 2 is 2.35 bits per heavy atom. The first kappa shape index (κ1) is 11.2. The van der Waals surface area contributed by atoms with Gasteiger partial charge in [-0.2, -0.15) is 5.10 Å². The highest BCUT2D eigenvalue weighted by molar-refractivity contribution is 5.90. The number of amides is 1. The first-order valence-corrected chi connectivity index (χ1v) is 5.19. The Hall–Kier alpha value is -2.30. The minimum atomic E-state index is -0.123. The fourth-order valence-corrected chi connectivity index (χ4v) is 1.44. The lowest BCUT2D eigenvalue weighted by Crippen LogP contribution is -2.18. The van der Waals surface area contributed by atoms with Crippen LogP contribution < -0.4 is 10.1 Å². The molecule has 1 aromatic heterocycles. The third-order valence-electron chi connectivity index (χ3n) is 2.22. The molecule has 17 heavy (non-hydrogen) atoms. The van der Waals surface area contributed by atoms with Crippen molar-refractivity contribution in [2.75, 3.05) is 12.4 Å². The van der Waals surface area contributed by atoms with Gasteiger partial charge in [0.15, 0.2) is 0 Å². The molecule has 1 amide bonds. The molecular weight excluding hydrogens is 218 g/mol. The van der Waals surface area contributed by atoms with Gasteiger partial charge in [0.05, 0.1) is 7.11 Å². The smallest absolute Gasteiger partial charge is 0.246 e. The maximum Gasteiger partial charge on any atom is 0.246 e. The molecule has 0 aliphatic heterocycles. The van der Waals surface area contributed by atoms with Crippen LogP contribution in [0.5, 0.6) is 5.75 Å². The number of hydrogen-bond acceptors (Lipinski definition) is 3. The fourth-order valence-electron chi connectivity index (χ4n) is 1.44. The van der Waals surface area contributed by atoms with Crippen molar-refractivity contribution in [3.8, 4) is 5.75 Å². The van der Waals surface area contributed by atoms with Gasteiger partial charge in [-0.25, -0.2) is 0 Å². The molecule has 5 nitrogen and oxygen atoms in total. The van der Waals surface area contributed by atoms with Crippen molar-refractivity contribution in [2.45, 2.75) is 6.54 Å². The Bertz CT molecular complexity index is 494. The summed E-state index contributed by atoms with van der Waals surface area (Å²) in [5, 5.41) is 6.74. The average molecular weight is 231 g/mol. The van der Waals surface area contributed by atoms with Crippen LogP contribution in [0.25, 0.3) is 0 Å². The lowest BCUT2D eigenvalue weighted by atomic mass is 10.3. The van der Waals surface area contributed by atoms with Crippen molar-refractivity contribution in [1.29, 1.82) is 0 Å². The van der Waals surface area contributed by atoms with Gasteiger partial charge in [-0.15, -0.1) is 0 Å². The van der Waals surface area contributed by atoms with Crippen LogP contribution in [0.15, 0.2) is 42.7 Å². The molecule has 0 atom stereocenters. The van der Waals surface area contributed by atoms with E-state index in [0.29, 0.717) is 11.4 Å². The van der Waals surface area contributed by atoms with Crippen LogP contribution in [0.4, 0.5) is 5.69 Å². The number of hydrogen-bond donors (Lipinski definition) is 1. The molecule has 0 unspecified atom stereocenters. The number of aromatic nitrogens is 2. The summed E-state index contributed by atoms with van der Waals surface area (Å²) in [5.74, 6) is 0.587. The second-order valence-electron chi connectivity index (χ2n) is 3.48. The zero-order chi connectivity index (χ0) is 12.1. The van der Waals surface area contributed by atoms with E-state index in [-0.39, 0.29) is 12.5 Å². The number of carbonyl (C=O) groups excluding carboxylic acids is 1. The fraction of sp³-hybridized carbons (Fsp3) is 0.167. The van der Waals surface area contributed by atoms with Gasteiger partial charge in [-0.1, -0.05) is 6.07 Å². The lowest BCUT2D eigenvalue weighted by Gasteiger charge is -2.06. The molecule has 2 rings (SSSR count). The summed E-state index contributed by atoms with van der Waals surface area (Å²) < 4.78 is 6.64. The highest BCUT2D eigenvalue weighted by atomic mass is 16.5. The third-order valence-corrected chi connectivity index (χ3v) is 2.22. The molecule has 88 valence electrons. The van der Waals surface area contributed by atoms with Crippen LogP contribution in [0.3, 0.4) is 0 Å². The van der Waals surface area contributed by atoms with E-state index in [4.69, 9.17) is 4.74 Å². The first-order chi connectivity index (χ1) is 8.28. The summed E-state index contributed by atoms with van der Waals surface area (Å²) in [6.07, 6.45) is 3.38. The number of anilines is 1. The van der Waals surface area contributed by atoms with Gasteiger partial charge in [-0.05, 0) is 18.2 Å². The van der Waals surface area contributed by atoms with Crippen molar-refractivity contribution in [1.82, 2.24) is 9.78 Å². The van der Waals surface area contributed by atoms with Gasteiger partial charge in [0.2, 0.25) is 5.91 Å². The molecule has 0 fully saturated rings. The molecule has 2 aromatic rings. The summed E-state index contributed by atoms with van der Waals surface area (Å²) in [7, 11) is 1.59. The number of nitrogens with zero attached hydrogens (tertiary/aromatic N) is 2. The summed E-state index contributed by atoms with van der Waals surface area (Å²) in [5.41, 5.74) is 0.710. The van der Waals surface area contributed by atoms with Crippen LogP contribution in [-0.2, 0) is 11.3 Å². The monoisotopic (exact) mass is 231 g/mol. The Balaban J connectivity index is 1.98. The third kappa shape index (κ3) is 3.07. The summed E-state index contributed by atoms with van der Waals surface area (Å²) in [4.78, 5) is 11.7. The zero-order valence-electron chi connectivity index (χ0n) is 9.46. The van der Waals surface area contributed by atoms with E-state index in [1.165, 1.54) is 0 Å². The highest BCUT2D eigenvalue weighted by Crippen LogP contribution is 2.16. The molecule has 1 aromatic carbocycles. The van der Waals surface area contributed by atoms with Crippen LogP contribution in [0.2, 0.25) is 0 Å². The minimum absolute atomic E-state index is 0.123. The van der Waals surface area contributed by atoms with Gasteiger partial charge in [0, 0.05) is 24.1 Å². The predicted molar refractivity (Wildman–Crippen MR) is 63.9 cm³/mol. The quantitative estimate of drug-likeness (QED) is 0.868. The van der Waals surface area contributed by atoms with E-state index in [1.807, 2.05) is 18.2 Å². The number of methoxy groups -OCH3 is 1. The van der Waals surface area contributed by atoms with Crippen molar-refractivity contribution in [3.63, 3.8) is 0 Å². The van der Waals surface area contributed by atoms with Crippen molar-refractivity contribution >= 4 is 11.6 Å². The number of ether oxygens (including phenoxy) is 1. The van der Waals surface area contributed by atoms with Crippen LogP contribution in [-0.4, -0.2) is 22.8 Å². The lowest BCUT2D eigenvalue weighted by molar-refractivity contribution is -0.116. The Kier molecular flexibility index (Phi) is 3.40. The molecule has 0 aliphatic rings. The van der Waals surface area contributed by atoms with Gasteiger partial charge in [-0.3, -0.25) is 9.48 Å². The normalized spacial score (nSPS) is 9.94. The predicted octanol–water partition coefficient (Wildman–Crippen LogP) is 1.53. The second kappa shape index (κ2) is 5.16. The Morgan fingerprint density at radius 1 is 1.47 bits per heavy atom. The Morgan fingerprint density at radius 3 is 3.06 bits per heavy atom. The zero-order valence-corrected chi connectivity index (χ0v) is 9.46. The van der Waals surface area contributed by atoms with Crippen LogP contribution >= 0.6 is 0 Å². The SMILES string of the molecule is COc1cccc(NC(=O)Cn2cccn2)c1. The van der Waals surface area contributed by atoms with Crippen LogP contribution in [0, 0.1) is 0 Å². The minimum Gasteiger partial charge on any atom is -0.497 e. The van der Waals surface area contributed by atoms with Gasteiger partial charge in [0.25, 0.3) is 0 Å². The van der Waals surface area contributed by atoms with E-state index >= 15 is 0 Å². The summed E-state index contributed by atoms with van der Waals surface area (Å²) in [6, 6.07) is 8.99. The maximum absolute atomic E-state index is 11.7. The van der Waals surface area contributed by atoms with E-state index in [2.05, 4.69) is 10.4 Å². The summed E-state index contributed by atoms with van der Waals surface area (Å²) in [6.45, 7) is 0.199. The molecule has 0 aliphatic carbocycles. The van der Waals surface area contributed by atoms with Crippen molar-refractivity contribution in [3.05, 3.63) is 42.7 Å². The molecular formula is C12H13N3O2. The van der Waals surface area contributed by atoms with Crippen molar-refractivity contribution < 1.29 is 9.53 Å². The molecule has 0 bridgehead atoms. The highest BCUT2D eigenvalue weighted by Gasteiger charge is 2.04. The molecule has 0 radical (unpaired) electrons. The van der Waals surface area contributed by atoms with Gasteiger partial charge >= 0.3 is 0 Å². The standard InChI is InChI=1S/C12H13N3O2/c1-17-11-5-2-4-10(8-11)14-12(16)9-15-7-3-6-13-15/h2-8H,9H2,1H3,(H,14,16). The molecule has 5 heteroatoms. The molecule has 1 heterocycles. The van der Waals surface area contributed by atoms with Crippen molar-refractivity contribution in [2.24, 2.45) is 0 Å². The van der Waals surface area contributed by atoms with Crippen LogP contribution in [0.1, 0.15) is 0 Å². The van der Waals surface area contributed by atoms with E-state index in [1.54, 1.807) is 36.3 Å². The van der Waals surface area contributed by atoms with E-state index in [0.717, 1.165) is 0 Å². The maximum atomic E-state index is 11.7. The molecule has 1 N–H and O–H groups in total. The Labute approximate surface area is 99.0 Å². The number of nitrogens with one attached hydrogen (secondary N) is 1.